The van der Waals surface area contributed by atoms with Crippen molar-refractivity contribution >= 4 is 11.9 Å². The summed E-state index contributed by atoms with van der Waals surface area (Å²) >= 11 is 0. The number of rotatable bonds is 3. The van der Waals surface area contributed by atoms with Crippen molar-refractivity contribution in [2.75, 3.05) is 6.61 Å². The van der Waals surface area contributed by atoms with Gasteiger partial charge in [0.2, 0.25) is 5.91 Å². The third-order valence-corrected chi connectivity index (χ3v) is 3.77. The highest BCUT2D eigenvalue weighted by atomic mass is 16.5. The van der Waals surface area contributed by atoms with Crippen LogP contribution in [0.25, 0.3) is 0 Å². The first-order valence-electron chi connectivity index (χ1n) is 6.22. The van der Waals surface area contributed by atoms with Gasteiger partial charge in [0.25, 0.3) is 0 Å². The van der Waals surface area contributed by atoms with Gasteiger partial charge in [-0.25, -0.2) is 0 Å². The third kappa shape index (κ3) is 2.77. The number of hydrogen-bond acceptors (Lipinski definition) is 3. The van der Waals surface area contributed by atoms with E-state index in [1.807, 2.05) is 6.92 Å². The van der Waals surface area contributed by atoms with Crippen molar-refractivity contribution in [3.05, 3.63) is 0 Å². The molecule has 1 amide bonds. The van der Waals surface area contributed by atoms with Gasteiger partial charge in [-0.2, -0.15) is 0 Å². The number of carbonyl (C=O) groups is 2. The van der Waals surface area contributed by atoms with Gasteiger partial charge in [0.1, 0.15) is 6.10 Å². The Labute approximate surface area is 101 Å². The zero-order chi connectivity index (χ0) is 12.4. The van der Waals surface area contributed by atoms with E-state index in [1.54, 1.807) is 0 Å². The lowest BCUT2D eigenvalue weighted by Gasteiger charge is -2.18. The minimum absolute atomic E-state index is 0.000000000000000222. The van der Waals surface area contributed by atoms with Crippen LogP contribution in [0.5, 0.6) is 0 Å². The molecule has 4 atom stereocenters. The number of hydrogen-bond donors (Lipinski definition) is 2. The van der Waals surface area contributed by atoms with Crippen molar-refractivity contribution in [1.82, 2.24) is 5.32 Å². The van der Waals surface area contributed by atoms with E-state index in [0.29, 0.717) is 19.4 Å². The molecule has 96 valence electrons. The van der Waals surface area contributed by atoms with Crippen LogP contribution in [-0.4, -0.2) is 35.7 Å². The maximum atomic E-state index is 11.9. The molecule has 0 bridgehead atoms. The molecule has 2 N–H and O–H groups in total. The number of ether oxygens (including phenoxy) is 1. The minimum Gasteiger partial charge on any atom is -0.481 e. The van der Waals surface area contributed by atoms with Crippen LogP contribution >= 0.6 is 0 Å². The van der Waals surface area contributed by atoms with Crippen LogP contribution in [0.4, 0.5) is 0 Å². The molecule has 1 aliphatic heterocycles. The van der Waals surface area contributed by atoms with E-state index in [-0.39, 0.29) is 29.9 Å². The number of nitrogens with one attached hydrogen (secondary N) is 1. The van der Waals surface area contributed by atoms with Crippen LogP contribution in [0.3, 0.4) is 0 Å². The summed E-state index contributed by atoms with van der Waals surface area (Å²) in [6, 6.07) is -0.000000000000000222. The first-order chi connectivity index (χ1) is 8.08. The lowest BCUT2D eigenvalue weighted by molar-refractivity contribution is -0.141. The number of carbonyl (C=O) groups excluding carboxylic acids is 1. The highest BCUT2D eigenvalue weighted by Crippen LogP contribution is 2.27. The van der Waals surface area contributed by atoms with Crippen molar-refractivity contribution in [2.45, 2.75) is 44.8 Å². The molecule has 2 fully saturated rings. The average molecular weight is 241 g/mol. The van der Waals surface area contributed by atoms with E-state index in [4.69, 9.17) is 9.84 Å². The molecule has 5 nitrogen and oxygen atoms in total. The van der Waals surface area contributed by atoms with Gasteiger partial charge in [-0.1, -0.05) is 6.92 Å². The largest absolute Gasteiger partial charge is 0.481 e. The maximum absolute atomic E-state index is 11.9. The molecule has 0 aromatic rings. The third-order valence-electron chi connectivity index (χ3n) is 3.77. The van der Waals surface area contributed by atoms with Gasteiger partial charge in [0.15, 0.2) is 0 Å². The molecule has 1 heterocycles. The quantitative estimate of drug-likeness (QED) is 0.765. The molecule has 2 rings (SSSR count). The molecule has 2 unspecified atom stereocenters. The normalized spacial score (nSPS) is 37.0. The van der Waals surface area contributed by atoms with Crippen molar-refractivity contribution in [2.24, 2.45) is 11.8 Å². The average Bonchev–Trinajstić information content (AvgIpc) is 2.86. The predicted molar refractivity (Wildman–Crippen MR) is 60.4 cm³/mol. The maximum Gasteiger partial charge on any atom is 0.306 e. The summed E-state index contributed by atoms with van der Waals surface area (Å²) in [5.41, 5.74) is 0. The Bertz CT molecular complexity index is 318. The van der Waals surface area contributed by atoms with Crippen molar-refractivity contribution < 1.29 is 19.4 Å². The second-order valence-electron chi connectivity index (χ2n) is 5.11. The summed E-state index contributed by atoms with van der Waals surface area (Å²) in [4.78, 5) is 22.7. The van der Waals surface area contributed by atoms with E-state index in [9.17, 15) is 9.59 Å². The van der Waals surface area contributed by atoms with Gasteiger partial charge < -0.3 is 15.2 Å². The van der Waals surface area contributed by atoms with Gasteiger partial charge >= 0.3 is 5.97 Å². The van der Waals surface area contributed by atoms with Crippen molar-refractivity contribution in [3.63, 3.8) is 0 Å². The number of carboxylic acid groups (broad SMARTS) is 1. The van der Waals surface area contributed by atoms with E-state index >= 15 is 0 Å². The first-order valence-corrected chi connectivity index (χ1v) is 6.22. The van der Waals surface area contributed by atoms with Crippen LogP contribution in [0.1, 0.15) is 32.6 Å². The molecule has 17 heavy (non-hydrogen) atoms. The molecule has 0 aromatic heterocycles. The van der Waals surface area contributed by atoms with Crippen LogP contribution in [0.15, 0.2) is 0 Å². The molecule has 0 spiro atoms. The second kappa shape index (κ2) is 5.04. The number of amides is 1. The van der Waals surface area contributed by atoms with Gasteiger partial charge in [-0.05, 0) is 31.6 Å². The predicted octanol–water partition coefficient (Wildman–Crippen LogP) is 0.781. The fraction of sp³-hybridized carbons (Fsp3) is 0.833. The van der Waals surface area contributed by atoms with E-state index in [1.165, 1.54) is 0 Å². The van der Waals surface area contributed by atoms with Gasteiger partial charge in [-0.3, -0.25) is 9.59 Å². The molecule has 1 saturated carbocycles. The lowest BCUT2D eigenvalue weighted by atomic mass is 10.0. The summed E-state index contributed by atoms with van der Waals surface area (Å²) in [7, 11) is 0. The van der Waals surface area contributed by atoms with Gasteiger partial charge in [-0.15, -0.1) is 0 Å². The van der Waals surface area contributed by atoms with Crippen molar-refractivity contribution in [3.8, 4) is 0 Å². The Hall–Kier alpha value is -1.10. The monoisotopic (exact) mass is 241 g/mol. The Morgan fingerprint density at radius 2 is 2.06 bits per heavy atom. The standard InChI is InChI=1S/C12H19NO4/c1-7-4-5-17-10(7)11(14)13-9-3-2-8(6-9)12(15)16/h7-10H,2-6H2,1H3,(H,13,14)(H,15,16)/t7?,8-,9+,10?/m1/s1. The first kappa shape index (κ1) is 12.4. The Balaban J connectivity index is 1.82. The van der Waals surface area contributed by atoms with E-state index in [0.717, 1.165) is 12.8 Å². The minimum atomic E-state index is -0.757. The van der Waals surface area contributed by atoms with E-state index in [2.05, 4.69) is 5.32 Å². The molecular formula is C12H19NO4. The Morgan fingerprint density at radius 1 is 1.29 bits per heavy atom. The molecule has 0 aromatic carbocycles. The summed E-state index contributed by atoms with van der Waals surface area (Å²) in [6.45, 7) is 2.65. The highest BCUT2D eigenvalue weighted by molar-refractivity contribution is 5.81. The van der Waals surface area contributed by atoms with Crippen LogP contribution in [-0.2, 0) is 14.3 Å². The van der Waals surface area contributed by atoms with Gasteiger partial charge in [0, 0.05) is 12.6 Å². The molecule has 1 aliphatic carbocycles. The summed E-state index contributed by atoms with van der Waals surface area (Å²) in [6.07, 6.45) is 2.52. The molecule has 5 heteroatoms. The fourth-order valence-electron chi connectivity index (χ4n) is 2.65. The second-order valence-corrected chi connectivity index (χ2v) is 5.11. The van der Waals surface area contributed by atoms with Crippen LogP contribution in [0, 0.1) is 11.8 Å². The fourth-order valence-corrected chi connectivity index (χ4v) is 2.65. The molecular weight excluding hydrogens is 222 g/mol. The lowest BCUT2D eigenvalue weighted by Crippen LogP contribution is -2.42. The summed E-state index contributed by atoms with van der Waals surface area (Å²) in [5, 5.41) is 11.8. The van der Waals surface area contributed by atoms with Crippen molar-refractivity contribution in [1.29, 1.82) is 0 Å². The Kier molecular flexibility index (Phi) is 3.66. The Morgan fingerprint density at radius 3 is 2.59 bits per heavy atom. The highest BCUT2D eigenvalue weighted by Gasteiger charge is 2.35. The summed E-state index contributed by atoms with van der Waals surface area (Å²) < 4.78 is 5.38. The van der Waals surface area contributed by atoms with Crippen LogP contribution in [0.2, 0.25) is 0 Å². The zero-order valence-electron chi connectivity index (χ0n) is 10.0. The summed E-state index contributed by atoms with van der Waals surface area (Å²) in [5.74, 6) is -0.882. The zero-order valence-corrected chi connectivity index (χ0v) is 10.0. The number of carboxylic acids is 1. The molecule has 1 saturated heterocycles. The van der Waals surface area contributed by atoms with E-state index < -0.39 is 5.97 Å². The smallest absolute Gasteiger partial charge is 0.306 e. The van der Waals surface area contributed by atoms with Crippen LogP contribution < -0.4 is 5.32 Å². The topological polar surface area (TPSA) is 75.6 Å². The molecule has 0 radical (unpaired) electrons. The molecule has 2 aliphatic rings. The van der Waals surface area contributed by atoms with Gasteiger partial charge in [0.05, 0.1) is 5.92 Å². The number of aliphatic carboxylic acids is 1. The SMILES string of the molecule is CC1CCOC1C(=O)N[C@H]1CC[C@@H](C(=O)O)C1.